The van der Waals surface area contributed by atoms with Crippen molar-refractivity contribution in [1.82, 2.24) is 0 Å². The summed E-state index contributed by atoms with van der Waals surface area (Å²) in [5.41, 5.74) is 0. The Balaban J connectivity index is 0. The van der Waals surface area contributed by atoms with Crippen LogP contribution in [-0.4, -0.2) is 49.0 Å². The normalized spacial score (nSPS) is 2.25. The standard InChI is InChI=1S/CN.Au.K/c1-2;;. The van der Waals surface area contributed by atoms with Gasteiger partial charge in [-0.05, 0) is 0 Å². The molecule has 0 N–H and O–H groups in total. The molecule has 3 heteroatoms. The Labute approximate surface area is 74.8 Å². The molecule has 0 spiro atoms. The summed E-state index contributed by atoms with van der Waals surface area (Å²) in [6.45, 7) is 0. The van der Waals surface area contributed by atoms with Crippen molar-refractivity contribution in [2.24, 2.45) is 0 Å². The van der Waals surface area contributed by atoms with Crippen LogP contribution in [0.1, 0.15) is 0 Å². The number of hydrogen-bond donors (Lipinski definition) is 0. The summed E-state index contributed by atoms with van der Waals surface area (Å²) in [6, 6.07) is 0. The van der Waals surface area contributed by atoms with Gasteiger partial charge in [0.1, 0.15) is 0 Å². The van der Waals surface area contributed by atoms with Crippen LogP contribution < -0.4 is 0 Å². The molecule has 0 aromatic heterocycles. The van der Waals surface area contributed by atoms with E-state index in [-0.39, 0.29) is 22.4 Å². The van der Waals surface area contributed by atoms with Gasteiger partial charge in [-0.15, -0.1) is 0 Å². The summed E-state index contributed by atoms with van der Waals surface area (Å²) in [7, 11) is 0. The number of nitrogens with zero attached hydrogens (tertiary/aromatic N) is 1. The molecule has 0 heterocycles. The second kappa shape index (κ2) is 8.85. The molecule has 0 aromatic rings. The first-order chi connectivity index (χ1) is 1.41. The Morgan fingerprint density at radius 2 is 1.75 bits per heavy atom. The van der Waals surface area contributed by atoms with E-state index in [9.17, 15) is 0 Å². The SMILES string of the molecule is N#[C][K].[Au]. The Kier molecular flexibility index (Phi) is 20.6. The fraction of sp³-hybridized carbons (Fsp3) is 0. The van der Waals surface area contributed by atoms with Crippen molar-refractivity contribution in [2.75, 3.05) is 0 Å². The Bertz CT molecular complexity index is 29.5. The topological polar surface area (TPSA) is 23.8 Å². The number of hydrogen-bond acceptors (Lipinski definition) is 1. The molecule has 1 radical (unpaired) electrons. The van der Waals surface area contributed by atoms with Crippen LogP contribution in [0.15, 0.2) is 0 Å². The van der Waals surface area contributed by atoms with Crippen LogP contribution >= 0.6 is 0 Å². The third-order valence-electron chi connectivity index (χ3n) is 0. The molecule has 21 valence electrons. The van der Waals surface area contributed by atoms with E-state index in [1.165, 1.54) is 0 Å². The molecule has 4 heavy (non-hydrogen) atoms. The summed E-state index contributed by atoms with van der Waals surface area (Å²) < 4.78 is 1.94. The van der Waals surface area contributed by atoms with E-state index in [1.54, 1.807) is 0 Å². The molecular formula is CAuKN. The molecule has 0 rings (SSSR count). The average molecular weight is 262 g/mol. The van der Waals surface area contributed by atoms with Gasteiger partial charge in [0.15, 0.2) is 0 Å². The minimum atomic E-state index is 0. The third-order valence-corrected chi connectivity index (χ3v) is 0. The Morgan fingerprint density at radius 3 is 1.75 bits per heavy atom. The molecule has 0 aliphatic heterocycles. The van der Waals surface area contributed by atoms with Crippen LogP contribution in [0, 0.1) is 5.43 Å². The van der Waals surface area contributed by atoms with Crippen molar-refractivity contribution in [3.63, 3.8) is 0 Å². The molecule has 0 aliphatic rings. The van der Waals surface area contributed by atoms with Crippen LogP contribution in [0.25, 0.3) is 0 Å². The third kappa shape index (κ3) is 9.12. The van der Waals surface area contributed by atoms with Gasteiger partial charge in [-0.2, -0.15) is 0 Å². The Hall–Kier alpha value is 1.87. The number of nitriles is 1. The van der Waals surface area contributed by atoms with Crippen LogP contribution in [-0.2, 0) is 22.4 Å². The zero-order chi connectivity index (χ0) is 2.71. The predicted molar refractivity (Wildman–Crippen MR) is 11.4 cm³/mol. The van der Waals surface area contributed by atoms with Crippen molar-refractivity contribution in [1.29, 1.82) is 5.26 Å². The van der Waals surface area contributed by atoms with Gasteiger partial charge in [0, 0.05) is 22.4 Å². The van der Waals surface area contributed by atoms with Crippen LogP contribution in [0.5, 0.6) is 0 Å². The summed E-state index contributed by atoms with van der Waals surface area (Å²) >= 11 is 0.410. The first-order valence-electron chi connectivity index (χ1n) is 0.724. The average Bonchev–Trinajstić information content (AvgIpc) is 0.918. The van der Waals surface area contributed by atoms with Gasteiger partial charge >= 0.3 is 54.4 Å². The zero-order valence-corrected chi connectivity index (χ0v) is 7.54. The van der Waals surface area contributed by atoms with Crippen molar-refractivity contribution >= 4 is 49.0 Å². The quantitative estimate of drug-likeness (QED) is 0.547. The van der Waals surface area contributed by atoms with Gasteiger partial charge in [-0.1, -0.05) is 0 Å². The van der Waals surface area contributed by atoms with E-state index in [0.29, 0.717) is 49.0 Å². The minimum Gasteiger partial charge on any atom is 0 e. The van der Waals surface area contributed by atoms with Crippen LogP contribution in [0.3, 0.4) is 0 Å². The fourth-order valence-electron chi connectivity index (χ4n) is 0. The van der Waals surface area contributed by atoms with E-state index in [0.717, 1.165) is 0 Å². The number of rotatable bonds is 0. The second-order valence-corrected chi connectivity index (χ2v) is 0.922. The summed E-state index contributed by atoms with van der Waals surface area (Å²) in [4.78, 5) is 0. The van der Waals surface area contributed by atoms with Crippen LogP contribution in [0.2, 0.25) is 0 Å². The van der Waals surface area contributed by atoms with Crippen molar-refractivity contribution in [2.45, 2.75) is 0 Å². The smallest absolute Gasteiger partial charge is 0 e. The first-order valence-corrected chi connectivity index (χ1v) is 2.29. The maximum atomic E-state index is 7.40. The van der Waals surface area contributed by atoms with Crippen LogP contribution in [0.4, 0.5) is 0 Å². The molecule has 0 saturated heterocycles. The van der Waals surface area contributed by atoms with E-state index < -0.39 is 0 Å². The van der Waals surface area contributed by atoms with Gasteiger partial charge in [0.05, 0.1) is 0 Å². The molecule has 0 saturated carbocycles. The Morgan fingerprint density at radius 1 is 1.75 bits per heavy atom. The molecule has 0 amide bonds. The van der Waals surface area contributed by atoms with Gasteiger partial charge in [-0.25, -0.2) is 0 Å². The van der Waals surface area contributed by atoms with E-state index in [4.69, 9.17) is 5.26 Å². The van der Waals surface area contributed by atoms with Crippen molar-refractivity contribution < 1.29 is 22.4 Å². The minimum absolute atomic E-state index is 0. The predicted octanol–water partition coefficient (Wildman–Crippen LogP) is -0.367. The largest absolute Gasteiger partial charge is 0 e. The second-order valence-electron chi connectivity index (χ2n) is 0.224. The molecule has 0 fully saturated rings. The maximum Gasteiger partial charge on any atom is 0 e. The molecule has 1 nitrogen and oxygen atoms in total. The molecule has 0 atom stereocenters. The van der Waals surface area contributed by atoms with Gasteiger partial charge < -0.3 is 0 Å². The van der Waals surface area contributed by atoms with E-state index in [1.807, 2.05) is 0.164 Å². The van der Waals surface area contributed by atoms with Gasteiger partial charge in [0.25, 0.3) is 0 Å². The molecule has 0 aromatic carbocycles. The van der Waals surface area contributed by atoms with E-state index in [2.05, 4.69) is 0 Å². The fourth-order valence-corrected chi connectivity index (χ4v) is 0. The molecule has 0 bridgehead atoms. The molecule has 0 unspecified atom stereocenters. The zero-order valence-electron chi connectivity index (χ0n) is 2.25. The van der Waals surface area contributed by atoms with Crippen molar-refractivity contribution in [3.8, 4) is 0.164 Å². The molecular weight excluding hydrogens is 262 g/mol. The first kappa shape index (κ1) is 9.29. The maximum absolute atomic E-state index is 7.40. The summed E-state index contributed by atoms with van der Waals surface area (Å²) in [5.74, 6) is 0. The summed E-state index contributed by atoms with van der Waals surface area (Å²) in [6.07, 6.45) is 0. The van der Waals surface area contributed by atoms with Gasteiger partial charge in [0.2, 0.25) is 0 Å². The monoisotopic (exact) mass is 262 g/mol. The van der Waals surface area contributed by atoms with Gasteiger partial charge in [-0.3, -0.25) is 0 Å². The van der Waals surface area contributed by atoms with Crippen molar-refractivity contribution in [3.05, 3.63) is 0 Å². The molecule has 0 aliphatic carbocycles. The van der Waals surface area contributed by atoms with E-state index >= 15 is 0 Å². The summed E-state index contributed by atoms with van der Waals surface area (Å²) in [5, 5.41) is 7.40.